The number of rotatable bonds is 4. The molecule has 7 aromatic carbocycles. The first kappa shape index (κ1) is 25.5. The normalized spacial score (nSPS) is 11.9. The quantitative estimate of drug-likeness (QED) is 0.199. The van der Waals surface area contributed by atoms with Gasteiger partial charge >= 0.3 is 0 Å². The van der Waals surface area contributed by atoms with Crippen LogP contribution in [0.1, 0.15) is 0 Å². The molecule has 4 heteroatoms. The second kappa shape index (κ2) is 9.83. The molecular weight excluding hydrogens is 583 g/mol. The first-order valence-electron chi connectivity index (χ1n) is 15.4. The number of nitrogens with zero attached hydrogens (tertiary/aromatic N) is 1. The fourth-order valence-electron chi connectivity index (χ4n) is 7.00. The van der Waals surface area contributed by atoms with E-state index in [9.17, 15) is 0 Å². The first-order valence-corrected chi connectivity index (χ1v) is 16.2. The minimum absolute atomic E-state index is 0.865. The molecule has 0 unspecified atom stereocenters. The lowest BCUT2D eigenvalue weighted by atomic mass is 10.0. The Bertz CT molecular complexity index is 2770. The summed E-state index contributed by atoms with van der Waals surface area (Å²) in [5.74, 6) is 0. The average molecular weight is 608 g/mol. The van der Waals surface area contributed by atoms with Gasteiger partial charge < -0.3 is 13.7 Å². The summed E-state index contributed by atoms with van der Waals surface area (Å²) in [6.07, 6.45) is 0. The van der Waals surface area contributed by atoms with Crippen LogP contribution in [0.2, 0.25) is 0 Å². The van der Waals surface area contributed by atoms with Gasteiger partial charge in [-0.05, 0) is 53.6 Å². The molecule has 0 aliphatic rings. The van der Waals surface area contributed by atoms with Crippen LogP contribution in [0.4, 0.5) is 17.1 Å². The maximum absolute atomic E-state index is 6.64. The van der Waals surface area contributed by atoms with E-state index in [1.54, 1.807) is 0 Å². The van der Waals surface area contributed by atoms with E-state index in [0.717, 1.165) is 60.9 Å². The van der Waals surface area contributed by atoms with Gasteiger partial charge in [0.15, 0.2) is 5.58 Å². The molecule has 10 aromatic rings. The summed E-state index contributed by atoms with van der Waals surface area (Å²) in [7, 11) is 0. The second-order valence-electron chi connectivity index (χ2n) is 11.7. The van der Waals surface area contributed by atoms with Crippen molar-refractivity contribution in [3.8, 4) is 11.1 Å². The van der Waals surface area contributed by atoms with Gasteiger partial charge in [-0.15, -0.1) is 11.3 Å². The number of hydrogen-bond donors (Lipinski definition) is 0. The second-order valence-corrected chi connectivity index (χ2v) is 12.7. The lowest BCUT2D eigenvalue weighted by Crippen LogP contribution is -2.10. The third-order valence-corrected chi connectivity index (χ3v) is 10.3. The van der Waals surface area contributed by atoms with Crippen molar-refractivity contribution in [1.82, 2.24) is 0 Å². The summed E-state index contributed by atoms with van der Waals surface area (Å²) in [6, 6.07) is 53.5. The Morgan fingerprint density at radius 3 is 1.85 bits per heavy atom. The largest absolute Gasteiger partial charge is 0.456 e. The Kier molecular flexibility index (Phi) is 5.45. The van der Waals surface area contributed by atoms with Gasteiger partial charge in [0.25, 0.3) is 0 Å². The predicted octanol–water partition coefficient (Wildman–Crippen LogP) is 13.0. The van der Waals surface area contributed by atoms with Crippen LogP contribution < -0.4 is 4.90 Å². The maximum Gasteiger partial charge on any atom is 0.159 e. The third-order valence-electron chi connectivity index (χ3n) is 9.07. The molecule has 3 aromatic heterocycles. The fraction of sp³-hybridized carbons (Fsp3) is 0. The first-order chi connectivity index (χ1) is 22.8. The number of hydrogen-bond acceptors (Lipinski definition) is 4. The van der Waals surface area contributed by atoms with Gasteiger partial charge in [-0.2, -0.15) is 0 Å². The number of benzene rings is 7. The van der Waals surface area contributed by atoms with E-state index in [0.29, 0.717) is 0 Å². The molecular formula is C42H25NO2S. The molecule has 0 aliphatic heterocycles. The molecule has 0 saturated heterocycles. The SMILES string of the molecule is c1ccc(-c2cccc3c2sc2c(N(c4ccc5oc6ccccc6c5c4)c4cccc5c4oc4ccccc45)cccc23)cc1. The summed E-state index contributed by atoms with van der Waals surface area (Å²) in [5.41, 5.74) is 9.13. The molecule has 216 valence electrons. The molecule has 10 rings (SSSR count). The summed E-state index contributed by atoms with van der Waals surface area (Å²) in [4.78, 5) is 2.37. The van der Waals surface area contributed by atoms with E-state index in [2.05, 4.69) is 132 Å². The van der Waals surface area contributed by atoms with Crippen molar-refractivity contribution in [2.75, 3.05) is 4.90 Å². The van der Waals surface area contributed by atoms with E-state index in [-0.39, 0.29) is 0 Å². The molecule has 0 radical (unpaired) electrons. The molecule has 0 amide bonds. The monoisotopic (exact) mass is 607 g/mol. The van der Waals surface area contributed by atoms with Crippen LogP contribution in [0, 0.1) is 0 Å². The highest BCUT2D eigenvalue weighted by atomic mass is 32.1. The van der Waals surface area contributed by atoms with Gasteiger partial charge in [-0.1, -0.05) is 109 Å². The van der Waals surface area contributed by atoms with Gasteiger partial charge in [-0.25, -0.2) is 0 Å². The van der Waals surface area contributed by atoms with Crippen molar-refractivity contribution in [2.24, 2.45) is 0 Å². The Balaban J connectivity index is 1.30. The summed E-state index contributed by atoms with van der Waals surface area (Å²) in [5, 5.41) is 6.91. The van der Waals surface area contributed by atoms with Crippen molar-refractivity contribution < 1.29 is 8.83 Å². The Morgan fingerprint density at radius 1 is 0.413 bits per heavy atom. The van der Waals surface area contributed by atoms with Gasteiger partial charge in [-0.3, -0.25) is 0 Å². The molecule has 0 N–H and O–H groups in total. The van der Waals surface area contributed by atoms with Crippen molar-refractivity contribution in [3.63, 3.8) is 0 Å². The highest BCUT2D eigenvalue weighted by molar-refractivity contribution is 7.27. The third kappa shape index (κ3) is 3.71. The van der Waals surface area contributed by atoms with E-state index in [1.165, 1.54) is 31.3 Å². The van der Waals surface area contributed by atoms with E-state index < -0.39 is 0 Å². The van der Waals surface area contributed by atoms with Gasteiger partial charge in [0.2, 0.25) is 0 Å². The van der Waals surface area contributed by atoms with Gasteiger partial charge in [0.05, 0.1) is 16.1 Å². The standard InChI is InChI=1S/C42H25NO2S/c1-2-11-26(12-3-1)28-15-8-17-32-33-18-10-20-36(42(33)46-41(28)32)43(27-23-24-39-34(25-27)30-14-5-6-21-37(30)44-39)35-19-9-16-31-29-13-4-7-22-38(29)45-40(31)35/h1-25H. The smallest absolute Gasteiger partial charge is 0.159 e. The fourth-order valence-corrected chi connectivity index (χ4v) is 8.34. The number of anilines is 3. The molecule has 0 aliphatic carbocycles. The summed E-state index contributed by atoms with van der Waals surface area (Å²) in [6.45, 7) is 0. The van der Waals surface area contributed by atoms with Crippen molar-refractivity contribution in [1.29, 1.82) is 0 Å². The highest BCUT2D eigenvalue weighted by Gasteiger charge is 2.23. The zero-order chi connectivity index (χ0) is 30.2. The van der Waals surface area contributed by atoms with Crippen molar-refractivity contribution >= 4 is 92.4 Å². The Labute approximate surface area is 268 Å². The maximum atomic E-state index is 6.64. The van der Waals surface area contributed by atoms with Crippen molar-refractivity contribution in [2.45, 2.75) is 0 Å². The van der Waals surface area contributed by atoms with Gasteiger partial charge in [0.1, 0.15) is 16.7 Å². The average Bonchev–Trinajstić information content (AvgIpc) is 3.81. The highest BCUT2D eigenvalue weighted by Crippen LogP contribution is 2.49. The lowest BCUT2D eigenvalue weighted by Gasteiger charge is -2.26. The van der Waals surface area contributed by atoms with Crippen LogP contribution in [0.15, 0.2) is 160 Å². The number of para-hydroxylation sites is 3. The molecule has 0 saturated carbocycles. The Hall–Kier alpha value is -5.84. The zero-order valence-corrected chi connectivity index (χ0v) is 25.4. The summed E-state index contributed by atoms with van der Waals surface area (Å²) < 4.78 is 15.4. The Morgan fingerprint density at radius 2 is 1.02 bits per heavy atom. The molecule has 0 atom stereocenters. The molecule has 0 spiro atoms. The van der Waals surface area contributed by atoms with E-state index >= 15 is 0 Å². The van der Waals surface area contributed by atoms with E-state index in [4.69, 9.17) is 8.83 Å². The molecule has 3 nitrogen and oxygen atoms in total. The van der Waals surface area contributed by atoms with Crippen LogP contribution >= 0.6 is 11.3 Å². The van der Waals surface area contributed by atoms with Crippen LogP contribution in [0.25, 0.3) is 75.2 Å². The minimum atomic E-state index is 0.865. The van der Waals surface area contributed by atoms with E-state index in [1.807, 2.05) is 35.6 Å². The molecule has 3 heterocycles. The molecule has 0 fully saturated rings. The van der Waals surface area contributed by atoms with Crippen molar-refractivity contribution in [3.05, 3.63) is 152 Å². The lowest BCUT2D eigenvalue weighted by molar-refractivity contribution is 0.669. The van der Waals surface area contributed by atoms with Crippen LogP contribution in [0.5, 0.6) is 0 Å². The minimum Gasteiger partial charge on any atom is -0.456 e. The van der Waals surface area contributed by atoms with Crippen LogP contribution in [0.3, 0.4) is 0 Å². The predicted molar refractivity (Wildman–Crippen MR) is 194 cm³/mol. The molecule has 46 heavy (non-hydrogen) atoms. The number of thiophene rings is 1. The van der Waals surface area contributed by atoms with Gasteiger partial charge in [0, 0.05) is 42.7 Å². The summed E-state index contributed by atoms with van der Waals surface area (Å²) >= 11 is 1.85. The number of fused-ring (bicyclic) bond motifs is 9. The molecule has 0 bridgehead atoms. The zero-order valence-electron chi connectivity index (χ0n) is 24.6. The number of furan rings is 2. The topological polar surface area (TPSA) is 29.5 Å². The van der Waals surface area contributed by atoms with Crippen LogP contribution in [-0.4, -0.2) is 0 Å². The van der Waals surface area contributed by atoms with Crippen LogP contribution in [-0.2, 0) is 0 Å².